The number of hydrogen-bond donors (Lipinski definition) is 1. The number of hydrogen-bond acceptors (Lipinski definition) is 5. The predicted octanol–water partition coefficient (Wildman–Crippen LogP) is 6.92. The quantitative estimate of drug-likeness (QED) is 0.312. The topological polar surface area (TPSA) is 69.0 Å². The van der Waals surface area contributed by atoms with Crippen LogP contribution in [0, 0.1) is 0 Å². The largest absolute Gasteiger partial charge is 0.417 e. The van der Waals surface area contributed by atoms with Crippen molar-refractivity contribution in [3.63, 3.8) is 0 Å². The van der Waals surface area contributed by atoms with Gasteiger partial charge in [0.05, 0.1) is 11.2 Å². The lowest BCUT2D eigenvalue weighted by atomic mass is 10.1. The molecule has 4 aromatic rings. The summed E-state index contributed by atoms with van der Waals surface area (Å²) in [5.74, 6) is 0.578. The maximum Gasteiger partial charge on any atom is 0.388 e. The number of benzene rings is 2. The zero-order chi connectivity index (χ0) is 24.9. The van der Waals surface area contributed by atoms with Crippen LogP contribution in [0.5, 0.6) is 5.88 Å². The van der Waals surface area contributed by atoms with E-state index in [0.29, 0.717) is 34.0 Å². The number of rotatable bonds is 7. The van der Waals surface area contributed by atoms with E-state index in [1.165, 1.54) is 17.8 Å². The van der Waals surface area contributed by atoms with E-state index in [1.54, 1.807) is 16.7 Å². The van der Waals surface area contributed by atoms with Gasteiger partial charge >= 0.3 is 12.3 Å². The number of nitrogens with one attached hydrogen (secondary N) is 1. The SMILES string of the molecule is C=Cc1ccccc1-n1c(=O)nc(Nc2ccnc(OC(F)F)c2)c2ccc(C3CC3)cc21.CC.[HH]. The fraction of sp³-hybridized carbons (Fsp3) is 0.222. The average molecular weight is 479 g/mol. The van der Waals surface area contributed by atoms with Crippen molar-refractivity contribution in [3.05, 3.63) is 89.0 Å². The first-order valence-corrected chi connectivity index (χ1v) is 11.5. The van der Waals surface area contributed by atoms with Crippen molar-refractivity contribution < 1.29 is 14.9 Å². The second kappa shape index (κ2) is 10.5. The number of halogens is 2. The van der Waals surface area contributed by atoms with Crippen molar-refractivity contribution in [2.24, 2.45) is 0 Å². The van der Waals surface area contributed by atoms with Gasteiger partial charge in [0.2, 0.25) is 5.88 Å². The van der Waals surface area contributed by atoms with Crippen LogP contribution in [-0.4, -0.2) is 21.1 Å². The van der Waals surface area contributed by atoms with E-state index in [0.717, 1.165) is 18.4 Å². The highest BCUT2D eigenvalue weighted by Crippen LogP contribution is 2.41. The summed E-state index contributed by atoms with van der Waals surface area (Å²) >= 11 is 0. The number of nitrogens with zero attached hydrogens (tertiary/aromatic N) is 3. The number of alkyl halides is 2. The molecular weight excluding hydrogens is 450 g/mol. The minimum absolute atomic E-state index is 0. The molecule has 1 N–H and O–H groups in total. The average Bonchev–Trinajstić information content (AvgIpc) is 3.71. The van der Waals surface area contributed by atoms with Gasteiger partial charge in [-0.2, -0.15) is 13.8 Å². The van der Waals surface area contributed by atoms with Gasteiger partial charge in [0, 0.05) is 24.8 Å². The summed E-state index contributed by atoms with van der Waals surface area (Å²) in [4.78, 5) is 21.3. The summed E-state index contributed by atoms with van der Waals surface area (Å²) in [5.41, 5.74) is 3.32. The van der Waals surface area contributed by atoms with Crippen molar-refractivity contribution >= 4 is 28.5 Å². The first kappa shape index (κ1) is 24.1. The summed E-state index contributed by atoms with van der Waals surface area (Å²) in [6, 6.07) is 16.4. The van der Waals surface area contributed by atoms with Gasteiger partial charge in [0.25, 0.3) is 0 Å². The van der Waals surface area contributed by atoms with Crippen LogP contribution in [0.15, 0.2) is 72.2 Å². The highest BCUT2D eigenvalue weighted by molar-refractivity contribution is 5.92. The molecule has 0 aliphatic heterocycles. The summed E-state index contributed by atoms with van der Waals surface area (Å²) in [6.07, 6.45) is 5.29. The highest BCUT2D eigenvalue weighted by atomic mass is 19.3. The third kappa shape index (κ3) is 5.21. The van der Waals surface area contributed by atoms with E-state index in [-0.39, 0.29) is 7.31 Å². The van der Waals surface area contributed by atoms with Gasteiger partial charge in [-0.15, -0.1) is 0 Å². The fourth-order valence-corrected chi connectivity index (χ4v) is 3.88. The molecule has 0 bridgehead atoms. The van der Waals surface area contributed by atoms with Crippen LogP contribution in [0.1, 0.15) is 45.2 Å². The molecule has 35 heavy (non-hydrogen) atoms. The van der Waals surface area contributed by atoms with Gasteiger partial charge in [0.15, 0.2) is 0 Å². The van der Waals surface area contributed by atoms with Crippen molar-refractivity contribution in [2.45, 2.75) is 39.2 Å². The van der Waals surface area contributed by atoms with Gasteiger partial charge in [0.1, 0.15) is 5.82 Å². The molecular formula is C27H28F2N4O2. The molecule has 1 aliphatic carbocycles. The van der Waals surface area contributed by atoms with Crippen LogP contribution in [-0.2, 0) is 0 Å². The number of aromatic nitrogens is 3. The predicted molar refractivity (Wildman–Crippen MR) is 137 cm³/mol. The minimum Gasteiger partial charge on any atom is -0.417 e. The molecule has 2 aromatic heterocycles. The number of para-hydroxylation sites is 1. The lowest BCUT2D eigenvalue weighted by Crippen LogP contribution is -2.23. The van der Waals surface area contributed by atoms with Crippen LogP contribution in [0.3, 0.4) is 0 Å². The van der Waals surface area contributed by atoms with E-state index < -0.39 is 12.3 Å². The number of ether oxygens (including phenoxy) is 1. The molecule has 182 valence electrons. The van der Waals surface area contributed by atoms with Crippen LogP contribution in [0.25, 0.3) is 22.7 Å². The Balaban J connectivity index is 0.00000117. The Hall–Kier alpha value is -4.07. The zero-order valence-corrected chi connectivity index (χ0v) is 19.5. The summed E-state index contributed by atoms with van der Waals surface area (Å²) in [7, 11) is 0. The van der Waals surface area contributed by atoms with E-state index in [2.05, 4.69) is 26.6 Å². The van der Waals surface area contributed by atoms with Gasteiger partial charge in [-0.1, -0.05) is 50.8 Å². The second-order valence-corrected chi connectivity index (χ2v) is 7.78. The number of anilines is 2. The van der Waals surface area contributed by atoms with Gasteiger partial charge in [-0.3, -0.25) is 4.57 Å². The molecule has 1 aliphatic rings. The number of pyridine rings is 1. The molecule has 0 amide bonds. The molecule has 1 saturated carbocycles. The molecule has 0 radical (unpaired) electrons. The molecule has 2 aromatic carbocycles. The Labute approximate surface area is 203 Å². The maximum absolute atomic E-state index is 13.3. The Morgan fingerprint density at radius 1 is 1.17 bits per heavy atom. The van der Waals surface area contributed by atoms with Gasteiger partial charge < -0.3 is 10.1 Å². The van der Waals surface area contributed by atoms with Crippen molar-refractivity contribution in [1.29, 1.82) is 0 Å². The molecule has 5 rings (SSSR count). The molecule has 0 atom stereocenters. The van der Waals surface area contributed by atoms with E-state index >= 15 is 0 Å². The van der Waals surface area contributed by atoms with Crippen molar-refractivity contribution in [3.8, 4) is 11.6 Å². The summed E-state index contributed by atoms with van der Waals surface area (Å²) < 4.78 is 31.1. The minimum atomic E-state index is -2.98. The summed E-state index contributed by atoms with van der Waals surface area (Å²) in [5, 5.41) is 3.78. The van der Waals surface area contributed by atoms with E-state index in [4.69, 9.17) is 0 Å². The van der Waals surface area contributed by atoms with Crippen LogP contribution >= 0.6 is 0 Å². The zero-order valence-electron chi connectivity index (χ0n) is 19.5. The molecule has 0 spiro atoms. The lowest BCUT2D eigenvalue weighted by molar-refractivity contribution is -0.0527. The van der Waals surface area contributed by atoms with Crippen molar-refractivity contribution in [2.75, 3.05) is 5.32 Å². The normalized spacial score (nSPS) is 12.7. The Kier molecular flexibility index (Phi) is 7.19. The van der Waals surface area contributed by atoms with Crippen LogP contribution in [0.2, 0.25) is 0 Å². The second-order valence-electron chi connectivity index (χ2n) is 7.78. The monoisotopic (exact) mass is 478 g/mol. The fourth-order valence-electron chi connectivity index (χ4n) is 3.88. The highest BCUT2D eigenvalue weighted by Gasteiger charge is 2.25. The molecule has 6 nitrogen and oxygen atoms in total. The first-order chi connectivity index (χ1) is 17.0. The van der Waals surface area contributed by atoms with E-state index in [9.17, 15) is 13.6 Å². The van der Waals surface area contributed by atoms with Crippen molar-refractivity contribution in [1.82, 2.24) is 14.5 Å². The smallest absolute Gasteiger partial charge is 0.388 e. The molecule has 0 unspecified atom stereocenters. The Bertz CT molecular complexity index is 1420. The molecule has 0 saturated heterocycles. The Morgan fingerprint density at radius 3 is 2.66 bits per heavy atom. The molecule has 2 heterocycles. The standard InChI is InChI=1S/C25H20F2N4O2.C2H6.H2/c1-2-15-5-3-4-6-20(15)31-21-13-17(16-7-8-16)9-10-19(21)23(30-25(31)32)29-18-11-12-28-22(14-18)33-24(26)27;1-2;/h2-6,9-14,16,24H,1,7-8H2,(H,28,29,30,32);1-2H3;1H. The molecule has 8 heteroatoms. The lowest BCUT2D eigenvalue weighted by Gasteiger charge is -2.16. The third-order valence-corrected chi connectivity index (χ3v) is 5.57. The number of fused-ring (bicyclic) bond motifs is 1. The maximum atomic E-state index is 13.3. The van der Waals surface area contributed by atoms with Crippen LogP contribution in [0.4, 0.5) is 20.3 Å². The van der Waals surface area contributed by atoms with Gasteiger partial charge in [-0.25, -0.2) is 9.78 Å². The first-order valence-electron chi connectivity index (χ1n) is 11.5. The van der Waals surface area contributed by atoms with E-state index in [1.807, 2.05) is 56.3 Å². The van der Waals surface area contributed by atoms with Crippen LogP contribution < -0.4 is 15.7 Å². The third-order valence-electron chi connectivity index (χ3n) is 5.57. The Morgan fingerprint density at radius 2 is 1.94 bits per heavy atom. The molecule has 1 fully saturated rings. The van der Waals surface area contributed by atoms with Gasteiger partial charge in [-0.05, 0) is 54.2 Å². The summed E-state index contributed by atoms with van der Waals surface area (Å²) in [6.45, 7) is 4.88.